The van der Waals surface area contributed by atoms with Crippen molar-refractivity contribution in [3.8, 4) is 0 Å². The van der Waals surface area contributed by atoms with Crippen molar-refractivity contribution in [2.24, 2.45) is 5.92 Å². The van der Waals surface area contributed by atoms with Crippen molar-refractivity contribution in [3.05, 3.63) is 18.2 Å². The summed E-state index contributed by atoms with van der Waals surface area (Å²) in [6.07, 6.45) is 0.786. The summed E-state index contributed by atoms with van der Waals surface area (Å²) in [6.45, 7) is 5.42. The van der Waals surface area contributed by atoms with Crippen molar-refractivity contribution in [3.63, 3.8) is 0 Å². The zero-order valence-corrected chi connectivity index (χ0v) is 20.0. The third kappa shape index (κ3) is 5.65. The Hall–Kier alpha value is -1.95. The Morgan fingerprint density at radius 1 is 1.32 bits per heavy atom. The largest absolute Gasteiger partial charge is 0.444 e. The van der Waals surface area contributed by atoms with Crippen LogP contribution in [0.3, 0.4) is 0 Å². The zero-order chi connectivity index (χ0) is 23.0. The van der Waals surface area contributed by atoms with Crippen LogP contribution >= 0.6 is 11.3 Å². The van der Waals surface area contributed by atoms with Gasteiger partial charge in [-0.15, -0.1) is 0 Å². The molecule has 0 bridgehead atoms. The summed E-state index contributed by atoms with van der Waals surface area (Å²) in [5, 5.41) is 16.7. The molecule has 3 rings (SSSR count). The number of thiazole rings is 1. The summed E-state index contributed by atoms with van der Waals surface area (Å²) >= 11 is 1.36. The third-order valence-corrected chi connectivity index (χ3v) is 7.86. The maximum absolute atomic E-state index is 12.4. The number of hydrogen-bond acceptors (Lipinski definition) is 8. The van der Waals surface area contributed by atoms with Gasteiger partial charge in [0.1, 0.15) is 5.60 Å². The number of hydrogen-bond donors (Lipinski definition) is 3. The Balaban J connectivity index is 1.71. The summed E-state index contributed by atoms with van der Waals surface area (Å²) in [5.41, 5.74) is 0.128. The molecular formula is C20H30N4O5S2. The van der Waals surface area contributed by atoms with Gasteiger partial charge in [-0.1, -0.05) is 11.3 Å². The summed E-state index contributed by atoms with van der Waals surface area (Å²) in [7, 11) is -0.527. The number of carbonyl (C=O) groups is 1. The number of aliphatic hydroxyl groups excluding tert-OH is 1. The molecule has 1 aromatic carbocycles. The molecule has 1 saturated carbocycles. The van der Waals surface area contributed by atoms with E-state index in [0.29, 0.717) is 23.5 Å². The van der Waals surface area contributed by atoms with Crippen LogP contribution in [0, 0.1) is 5.92 Å². The predicted molar refractivity (Wildman–Crippen MR) is 121 cm³/mol. The normalized spacial score (nSPS) is 22.1. The molecule has 9 nitrogen and oxygen atoms in total. The summed E-state index contributed by atoms with van der Waals surface area (Å²) < 4.78 is 32.0. The fourth-order valence-corrected chi connectivity index (χ4v) is 5.56. The van der Waals surface area contributed by atoms with E-state index in [2.05, 4.69) is 15.6 Å². The fraction of sp³-hybridized carbons (Fsp3) is 0.600. The van der Waals surface area contributed by atoms with Crippen molar-refractivity contribution < 1.29 is 23.1 Å². The molecule has 11 heteroatoms. The predicted octanol–water partition coefficient (Wildman–Crippen LogP) is 2.62. The molecule has 1 amide bonds. The van der Waals surface area contributed by atoms with E-state index < -0.39 is 21.7 Å². The molecule has 172 valence electrons. The number of anilines is 1. The van der Waals surface area contributed by atoms with Crippen LogP contribution < -0.4 is 10.6 Å². The van der Waals surface area contributed by atoms with E-state index in [1.807, 2.05) is 20.8 Å². The van der Waals surface area contributed by atoms with Gasteiger partial charge in [-0.3, -0.25) is 0 Å². The van der Waals surface area contributed by atoms with Gasteiger partial charge in [-0.2, -0.15) is 0 Å². The number of amides is 1. The van der Waals surface area contributed by atoms with Crippen LogP contribution in [-0.4, -0.2) is 67.3 Å². The summed E-state index contributed by atoms with van der Waals surface area (Å²) in [5.74, 6) is -0.0448. The number of rotatable bonds is 6. The maximum Gasteiger partial charge on any atom is 0.407 e. The van der Waals surface area contributed by atoms with E-state index in [4.69, 9.17) is 4.74 Å². The Labute approximate surface area is 186 Å². The first-order valence-electron chi connectivity index (χ1n) is 10.1. The Kier molecular flexibility index (Phi) is 6.80. The number of aromatic nitrogens is 1. The zero-order valence-electron chi connectivity index (χ0n) is 18.4. The van der Waals surface area contributed by atoms with Crippen LogP contribution in [0.2, 0.25) is 0 Å². The van der Waals surface area contributed by atoms with Gasteiger partial charge in [0.25, 0.3) is 0 Å². The highest BCUT2D eigenvalue weighted by Crippen LogP contribution is 2.33. The molecule has 0 spiro atoms. The van der Waals surface area contributed by atoms with Crippen LogP contribution in [0.25, 0.3) is 10.2 Å². The van der Waals surface area contributed by atoms with E-state index in [0.717, 1.165) is 4.70 Å². The lowest BCUT2D eigenvalue weighted by atomic mass is 10.1. The number of benzene rings is 1. The Bertz CT molecular complexity index is 1050. The van der Waals surface area contributed by atoms with Gasteiger partial charge in [0, 0.05) is 38.7 Å². The lowest BCUT2D eigenvalue weighted by molar-refractivity contribution is 0.0503. The minimum Gasteiger partial charge on any atom is -0.444 e. The van der Waals surface area contributed by atoms with E-state index in [-0.39, 0.29) is 29.5 Å². The number of sulfonamides is 1. The van der Waals surface area contributed by atoms with Crippen LogP contribution in [0.15, 0.2) is 23.1 Å². The van der Waals surface area contributed by atoms with Crippen LogP contribution in [-0.2, 0) is 14.8 Å². The molecule has 1 heterocycles. The standard InChI is InChI=1S/C20H30N4O5S2/c1-20(2,3)29-19(26)21-13-8-12(11-25)16(9-13)23-18-22-15-7-6-14(10-17(15)30-18)31(27,28)24(4)5/h6-7,10,12-13,16,25H,8-9,11H2,1-5H3,(H,21,26)(H,22,23)/t12-,13+,16-/m1/s1. The quantitative estimate of drug-likeness (QED) is 0.593. The first-order valence-corrected chi connectivity index (χ1v) is 12.3. The topological polar surface area (TPSA) is 121 Å². The first-order chi connectivity index (χ1) is 14.4. The molecule has 3 atom stereocenters. The molecule has 0 saturated heterocycles. The Morgan fingerprint density at radius 3 is 2.65 bits per heavy atom. The molecular weight excluding hydrogens is 440 g/mol. The van der Waals surface area contributed by atoms with Gasteiger partial charge in [0.2, 0.25) is 10.0 Å². The van der Waals surface area contributed by atoms with Gasteiger partial charge < -0.3 is 20.5 Å². The minimum atomic E-state index is -3.52. The maximum atomic E-state index is 12.4. The number of nitrogens with zero attached hydrogens (tertiary/aromatic N) is 2. The van der Waals surface area contributed by atoms with E-state index in [1.165, 1.54) is 29.7 Å². The summed E-state index contributed by atoms with van der Waals surface area (Å²) in [4.78, 5) is 16.8. The lowest BCUT2D eigenvalue weighted by Gasteiger charge is -2.21. The second kappa shape index (κ2) is 8.89. The molecule has 1 aromatic heterocycles. The highest BCUT2D eigenvalue weighted by molar-refractivity contribution is 7.89. The average Bonchev–Trinajstić information content (AvgIpc) is 3.22. The number of nitrogens with one attached hydrogen (secondary N) is 2. The Morgan fingerprint density at radius 2 is 2.03 bits per heavy atom. The average molecular weight is 471 g/mol. The minimum absolute atomic E-state index is 0.0136. The number of aliphatic hydroxyl groups is 1. The molecule has 3 N–H and O–H groups in total. The number of alkyl carbamates (subject to hydrolysis) is 1. The lowest BCUT2D eigenvalue weighted by Crippen LogP contribution is -2.38. The molecule has 1 aliphatic carbocycles. The second-order valence-corrected chi connectivity index (χ2v) is 12.1. The van der Waals surface area contributed by atoms with Gasteiger partial charge in [-0.25, -0.2) is 22.5 Å². The van der Waals surface area contributed by atoms with Crippen molar-refractivity contribution in [2.45, 2.75) is 56.2 Å². The monoisotopic (exact) mass is 470 g/mol. The molecule has 2 aromatic rings. The summed E-state index contributed by atoms with van der Waals surface area (Å²) in [6, 6.07) is 4.68. The molecule has 0 aliphatic heterocycles. The van der Waals surface area contributed by atoms with Gasteiger partial charge in [0.15, 0.2) is 5.13 Å². The SMILES string of the molecule is CN(C)S(=O)(=O)c1ccc2nc(N[C@@H]3C[C@@H](NC(=O)OC(C)(C)C)C[C@@H]3CO)sc2c1. The highest BCUT2D eigenvalue weighted by atomic mass is 32.2. The molecule has 31 heavy (non-hydrogen) atoms. The van der Waals surface area contributed by atoms with Crippen LogP contribution in [0.5, 0.6) is 0 Å². The van der Waals surface area contributed by atoms with Crippen molar-refractivity contribution in [1.82, 2.24) is 14.6 Å². The smallest absolute Gasteiger partial charge is 0.407 e. The van der Waals surface area contributed by atoms with Gasteiger partial charge >= 0.3 is 6.09 Å². The number of carbonyl (C=O) groups excluding carboxylic acids is 1. The van der Waals surface area contributed by atoms with Crippen molar-refractivity contribution in [1.29, 1.82) is 0 Å². The van der Waals surface area contributed by atoms with Crippen molar-refractivity contribution >= 4 is 42.8 Å². The molecule has 1 fully saturated rings. The third-order valence-electron chi connectivity index (χ3n) is 5.10. The van der Waals surface area contributed by atoms with Crippen LogP contribution in [0.4, 0.5) is 9.93 Å². The van der Waals surface area contributed by atoms with Crippen LogP contribution in [0.1, 0.15) is 33.6 Å². The number of ether oxygens (including phenoxy) is 1. The number of fused-ring (bicyclic) bond motifs is 1. The highest BCUT2D eigenvalue weighted by Gasteiger charge is 2.36. The first kappa shape index (κ1) is 23.7. The van der Waals surface area contributed by atoms with E-state index >= 15 is 0 Å². The fourth-order valence-electron chi connectivity index (χ4n) is 3.59. The van der Waals surface area contributed by atoms with Gasteiger partial charge in [0.05, 0.1) is 15.1 Å². The van der Waals surface area contributed by atoms with Crippen molar-refractivity contribution in [2.75, 3.05) is 26.0 Å². The molecule has 0 radical (unpaired) electrons. The second-order valence-electron chi connectivity index (χ2n) is 8.94. The van der Waals surface area contributed by atoms with E-state index in [9.17, 15) is 18.3 Å². The van der Waals surface area contributed by atoms with Gasteiger partial charge in [-0.05, 0) is 51.8 Å². The molecule has 1 aliphatic rings. The molecule has 0 unspecified atom stereocenters. The van der Waals surface area contributed by atoms with E-state index in [1.54, 1.807) is 18.2 Å².